The summed E-state index contributed by atoms with van der Waals surface area (Å²) in [5, 5.41) is 3.46. The highest BCUT2D eigenvalue weighted by Crippen LogP contribution is 2.28. The van der Waals surface area contributed by atoms with Gasteiger partial charge in [0.05, 0.1) is 11.4 Å². The lowest BCUT2D eigenvalue weighted by Crippen LogP contribution is -2.19. The van der Waals surface area contributed by atoms with Crippen LogP contribution in [0, 0.1) is 5.82 Å². The summed E-state index contributed by atoms with van der Waals surface area (Å²) >= 11 is 0. The highest BCUT2D eigenvalue weighted by Gasteiger charge is 2.14. The van der Waals surface area contributed by atoms with Crippen molar-refractivity contribution in [3.63, 3.8) is 0 Å². The van der Waals surface area contributed by atoms with Crippen molar-refractivity contribution < 1.29 is 4.39 Å². The molecule has 20 heavy (non-hydrogen) atoms. The lowest BCUT2D eigenvalue weighted by molar-refractivity contribution is 0.627. The van der Waals surface area contributed by atoms with Crippen LogP contribution in [0.4, 0.5) is 15.8 Å². The molecule has 0 bridgehead atoms. The molecular weight excluding hydrogens is 251 g/mol. The van der Waals surface area contributed by atoms with Gasteiger partial charge in [0.2, 0.25) is 0 Å². The maximum atomic E-state index is 12.9. The molecule has 0 radical (unpaired) electrons. The van der Waals surface area contributed by atoms with Gasteiger partial charge in [-0.3, -0.25) is 0 Å². The van der Waals surface area contributed by atoms with E-state index in [0.29, 0.717) is 6.54 Å². The van der Waals surface area contributed by atoms with E-state index in [1.165, 1.54) is 30.7 Å². The fourth-order valence-corrected chi connectivity index (χ4v) is 2.66. The molecule has 1 saturated heterocycles. The van der Waals surface area contributed by atoms with Gasteiger partial charge in [-0.05, 0) is 42.7 Å². The normalized spacial score (nSPS) is 14.6. The standard InChI is InChI=1S/C17H19FN2/c18-15-9-7-14(8-10-15)13-19-16-5-1-2-6-17(16)20-11-3-4-12-20/h1-2,5-10,19H,3-4,11-13H2. The highest BCUT2D eigenvalue weighted by atomic mass is 19.1. The minimum absolute atomic E-state index is 0.189. The molecule has 1 fully saturated rings. The van der Waals surface area contributed by atoms with Gasteiger partial charge in [-0.1, -0.05) is 24.3 Å². The Labute approximate surface area is 119 Å². The summed E-state index contributed by atoms with van der Waals surface area (Å²) in [7, 11) is 0. The van der Waals surface area contributed by atoms with Crippen LogP contribution in [-0.2, 0) is 6.54 Å². The molecule has 3 rings (SSSR count). The molecule has 104 valence electrons. The van der Waals surface area contributed by atoms with Crippen molar-refractivity contribution in [3.05, 3.63) is 59.9 Å². The van der Waals surface area contributed by atoms with Gasteiger partial charge in [-0.15, -0.1) is 0 Å². The maximum Gasteiger partial charge on any atom is 0.123 e. The Morgan fingerprint density at radius 1 is 0.950 bits per heavy atom. The van der Waals surface area contributed by atoms with Gasteiger partial charge in [0.1, 0.15) is 5.82 Å². The van der Waals surface area contributed by atoms with Crippen LogP contribution in [0.15, 0.2) is 48.5 Å². The van der Waals surface area contributed by atoms with Crippen LogP contribution in [0.25, 0.3) is 0 Å². The third-order valence-electron chi connectivity index (χ3n) is 3.75. The number of para-hydroxylation sites is 2. The summed E-state index contributed by atoms with van der Waals surface area (Å²) in [6, 6.07) is 15.0. The fraction of sp³-hybridized carbons (Fsp3) is 0.294. The second-order valence-electron chi connectivity index (χ2n) is 5.19. The van der Waals surface area contributed by atoms with E-state index in [9.17, 15) is 4.39 Å². The number of hydrogen-bond acceptors (Lipinski definition) is 2. The molecule has 1 heterocycles. The van der Waals surface area contributed by atoms with E-state index in [1.807, 2.05) is 18.2 Å². The largest absolute Gasteiger partial charge is 0.379 e. The molecule has 0 aromatic heterocycles. The molecule has 0 aliphatic carbocycles. The number of halogens is 1. The van der Waals surface area contributed by atoms with Crippen molar-refractivity contribution in [2.45, 2.75) is 19.4 Å². The summed E-state index contributed by atoms with van der Waals surface area (Å²) in [6.45, 7) is 2.98. The van der Waals surface area contributed by atoms with Gasteiger partial charge < -0.3 is 10.2 Å². The number of anilines is 2. The molecule has 0 spiro atoms. The van der Waals surface area contributed by atoms with Crippen LogP contribution in [0.3, 0.4) is 0 Å². The van der Waals surface area contributed by atoms with E-state index < -0.39 is 0 Å². The number of nitrogens with one attached hydrogen (secondary N) is 1. The van der Waals surface area contributed by atoms with Gasteiger partial charge in [-0.25, -0.2) is 4.39 Å². The molecule has 1 N–H and O–H groups in total. The molecular formula is C17H19FN2. The molecule has 0 unspecified atom stereocenters. The molecule has 2 aromatic rings. The van der Waals surface area contributed by atoms with E-state index in [1.54, 1.807) is 0 Å². The van der Waals surface area contributed by atoms with Crippen LogP contribution in [0.1, 0.15) is 18.4 Å². The predicted octanol–water partition coefficient (Wildman–Crippen LogP) is 4.04. The van der Waals surface area contributed by atoms with Gasteiger partial charge >= 0.3 is 0 Å². The topological polar surface area (TPSA) is 15.3 Å². The molecule has 0 saturated carbocycles. The molecule has 1 aliphatic heterocycles. The summed E-state index contributed by atoms with van der Waals surface area (Å²) in [4.78, 5) is 2.42. The molecule has 2 aromatic carbocycles. The highest BCUT2D eigenvalue weighted by molar-refractivity contribution is 5.70. The first-order chi connectivity index (χ1) is 9.83. The van der Waals surface area contributed by atoms with Crippen LogP contribution in [-0.4, -0.2) is 13.1 Å². The zero-order chi connectivity index (χ0) is 13.8. The van der Waals surface area contributed by atoms with Crippen LogP contribution in [0.5, 0.6) is 0 Å². The minimum atomic E-state index is -0.189. The minimum Gasteiger partial charge on any atom is -0.379 e. The van der Waals surface area contributed by atoms with Crippen molar-refractivity contribution >= 4 is 11.4 Å². The van der Waals surface area contributed by atoms with Crippen molar-refractivity contribution in [1.82, 2.24) is 0 Å². The Balaban J connectivity index is 1.72. The molecule has 0 atom stereocenters. The van der Waals surface area contributed by atoms with Crippen LogP contribution >= 0.6 is 0 Å². The second kappa shape index (κ2) is 5.95. The zero-order valence-electron chi connectivity index (χ0n) is 11.5. The first-order valence-electron chi connectivity index (χ1n) is 7.15. The van der Waals surface area contributed by atoms with E-state index in [2.05, 4.69) is 28.4 Å². The molecule has 3 heteroatoms. The van der Waals surface area contributed by atoms with E-state index >= 15 is 0 Å². The summed E-state index contributed by atoms with van der Waals surface area (Å²) in [6.07, 6.45) is 2.54. The predicted molar refractivity (Wildman–Crippen MR) is 81.6 cm³/mol. The fourth-order valence-electron chi connectivity index (χ4n) is 2.66. The molecule has 1 aliphatic rings. The third-order valence-corrected chi connectivity index (χ3v) is 3.75. The smallest absolute Gasteiger partial charge is 0.123 e. The van der Waals surface area contributed by atoms with Gasteiger partial charge in [0.25, 0.3) is 0 Å². The first kappa shape index (κ1) is 13.0. The SMILES string of the molecule is Fc1ccc(CNc2ccccc2N2CCCC2)cc1. The lowest BCUT2D eigenvalue weighted by atomic mass is 10.2. The first-order valence-corrected chi connectivity index (χ1v) is 7.15. The Morgan fingerprint density at radius 3 is 2.40 bits per heavy atom. The quantitative estimate of drug-likeness (QED) is 0.902. The Kier molecular flexibility index (Phi) is 3.86. The average molecular weight is 270 g/mol. The van der Waals surface area contributed by atoms with Crippen molar-refractivity contribution in [2.24, 2.45) is 0 Å². The van der Waals surface area contributed by atoms with Gasteiger partial charge in [-0.2, -0.15) is 0 Å². The zero-order valence-corrected chi connectivity index (χ0v) is 11.5. The van der Waals surface area contributed by atoms with E-state index in [-0.39, 0.29) is 5.82 Å². The van der Waals surface area contributed by atoms with Crippen molar-refractivity contribution in [2.75, 3.05) is 23.3 Å². The van der Waals surface area contributed by atoms with Crippen LogP contribution in [0.2, 0.25) is 0 Å². The number of rotatable bonds is 4. The third kappa shape index (κ3) is 2.93. The number of hydrogen-bond donors (Lipinski definition) is 1. The van der Waals surface area contributed by atoms with Gasteiger partial charge in [0.15, 0.2) is 0 Å². The molecule has 0 amide bonds. The second-order valence-corrected chi connectivity index (χ2v) is 5.19. The van der Waals surface area contributed by atoms with Gasteiger partial charge in [0, 0.05) is 19.6 Å². The summed E-state index contributed by atoms with van der Waals surface area (Å²) in [5.74, 6) is -0.189. The Bertz CT molecular complexity index is 559. The van der Waals surface area contributed by atoms with E-state index in [0.717, 1.165) is 24.3 Å². The average Bonchev–Trinajstić information content (AvgIpc) is 3.01. The number of benzene rings is 2. The van der Waals surface area contributed by atoms with Crippen molar-refractivity contribution in [3.8, 4) is 0 Å². The molecule has 2 nitrogen and oxygen atoms in total. The monoisotopic (exact) mass is 270 g/mol. The van der Waals surface area contributed by atoms with Crippen LogP contribution < -0.4 is 10.2 Å². The van der Waals surface area contributed by atoms with Crippen molar-refractivity contribution in [1.29, 1.82) is 0 Å². The number of nitrogens with zero attached hydrogens (tertiary/aromatic N) is 1. The Morgan fingerprint density at radius 2 is 1.65 bits per heavy atom. The Hall–Kier alpha value is -2.03. The van der Waals surface area contributed by atoms with E-state index in [4.69, 9.17) is 0 Å². The lowest BCUT2D eigenvalue weighted by Gasteiger charge is -2.22. The maximum absolute atomic E-state index is 12.9. The summed E-state index contributed by atoms with van der Waals surface area (Å²) in [5.41, 5.74) is 3.51. The summed E-state index contributed by atoms with van der Waals surface area (Å²) < 4.78 is 12.9.